The molecule has 0 spiro atoms. The molecule has 0 radical (unpaired) electrons. The van der Waals surface area contributed by atoms with Crippen LogP contribution in [0.15, 0.2) is 29.6 Å². The minimum absolute atomic E-state index is 0.338. The van der Waals surface area contributed by atoms with Crippen molar-refractivity contribution < 1.29 is 9.53 Å². The van der Waals surface area contributed by atoms with Gasteiger partial charge in [0.15, 0.2) is 11.0 Å². The Labute approximate surface area is 160 Å². The van der Waals surface area contributed by atoms with Gasteiger partial charge in [0, 0.05) is 24.9 Å². The van der Waals surface area contributed by atoms with Gasteiger partial charge in [-0.3, -0.25) is 0 Å². The molecular weight excluding hydrogens is 368 g/mol. The fourth-order valence-corrected chi connectivity index (χ4v) is 3.04. The van der Waals surface area contributed by atoms with Crippen molar-refractivity contribution in [1.82, 2.24) is 35.1 Å². The number of hydrogen-bond acceptors (Lipinski definition) is 7. The molecule has 0 fully saturated rings. The molecule has 0 aliphatic rings. The third-order valence-corrected chi connectivity index (χ3v) is 4.65. The molecule has 2 aromatic heterocycles. The van der Waals surface area contributed by atoms with E-state index in [1.54, 1.807) is 54.9 Å². The molecule has 0 aliphatic carbocycles. The Balaban J connectivity index is 1.71. The van der Waals surface area contributed by atoms with E-state index in [2.05, 4.69) is 31.1 Å². The van der Waals surface area contributed by atoms with Gasteiger partial charge in [0.2, 0.25) is 0 Å². The highest BCUT2D eigenvalue weighted by Gasteiger charge is 2.11. The summed E-state index contributed by atoms with van der Waals surface area (Å²) in [5.41, 5.74) is 2.15. The number of hydrogen-bond donors (Lipinski definition) is 2. The number of rotatable bonds is 6. The van der Waals surface area contributed by atoms with E-state index in [9.17, 15) is 4.79 Å². The van der Waals surface area contributed by atoms with Gasteiger partial charge >= 0.3 is 6.03 Å². The van der Waals surface area contributed by atoms with Crippen molar-refractivity contribution in [3.63, 3.8) is 0 Å². The van der Waals surface area contributed by atoms with Crippen molar-refractivity contribution in [2.45, 2.75) is 18.6 Å². The summed E-state index contributed by atoms with van der Waals surface area (Å²) in [4.78, 5) is 16.6. The molecule has 10 nitrogen and oxygen atoms in total. The van der Waals surface area contributed by atoms with Gasteiger partial charge in [0.25, 0.3) is 0 Å². The minimum Gasteiger partial charge on any atom is -0.497 e. The average molecular weight is 388 g/mol. The van der Waals surface area contributed by atoms with Gasteiger partial charge in [-0.15, -0.1) is 5.10 Å². The van der Waals surface area contributed by atoms with E-state index in [1.807, 2.05) is 17.9 Å². The molecule has 0 atom stereocenters. The molecule has 0 unspecified atom stereocenters. The number of benzene rings is 1. The number of urea groups is 1. The number of carbonyl (C=O) groups excluding carboxylic acids is 1. The van der Waals surface area contributed by atoms with E-state index in [0.717, 1.165) is 10.9 Å². The van der Waals surface area contributed by atoms with Crippen LogP contribution in [0, 0.1) is 6.92 Å². The molecule has 0 aliphatic heterocycles. The lowest BCUT2D eigenvalue weighted by molar-refractivity contribution is 0.251. The summed E-state index contributed by atoms with van der Waals surface area (Å²) < 4.78 is 8.81. The number of carbonyl (C=O) groups is 1. The predicted molar refractivity (Wildman–Crippen MR) is 101 cm³/mol. The second kappa shape index (κ2) is 8.08. The maximum atomic E-state index is 12.3. The van der Waals surface area contributed by atoms with Gasteiger partial charge in [-0.25, -0.2) is 9.78 Å². The van der Waals surface area contributed by atoms with Gasteiger partial charge in [0.1, 0.15) is 5.75 Å². The molecule has 3 aromatic rings. The zero-order chi connectivity index (χ0) is 19.4. The van der Waals surface area contributed by atoms with Crippen LogP contribution in [-0.4, -0.2) is 49.2 Å². The lowest BCUT2D eigenvalue weighted by Crippen LogP contribution is -2.29. The number of thioether (sulfide) groups is 1. The number of tetrazole rings is 1. The molecule has 3 rings (SSSR count). The molecule has 0 bridgehead atoms. The largest absolute Gasteiger partial charge is 0.497 e. The Kier molecular flexibility index (Phi) is 5.60. The Bertz CT molecular complexity index is 952. The standard InChI is InChI=1S/C16H20N8O2S/c1-10-20-21-22-24(10)12-5-11(6-14(7-12)26-3)19-15(25)17-8-13-9-18-16(27-4)23(13)2/h5-7,9H,8H2,1-4H3,(H2,17,19,25). The summed E-state index contributed by atoms with van der Waals surface area (Å²) in [5.74, 6) is 1.20. The van der Waals surface area contributed by atoms with E-state index in [-0.39, 0.29) is 6.03 Å². The minimum atomic E-state index is -0.338. The first-order valence-electron chi connectivity index (χ1n) is 8.05. The number of amides is 2. The maximum Gasteiger partial charge on any atom is 0.319 e. The van der Waals surface area contributed by atoms with Crippen molar-refractivity contribution in [2.24, 2.45) is 7.05 Å². The highest BCUT2D eigenvalue weighted by Crippen LogP contribution is 2.23. The first kappa shape index (κ1) is 18.7. The summed E-state index contributed by atoms with van der Waals surface area (Å²) in [6, 6.07) is 4.93. The smallest absolute Gasteiger partial charge is 0.319 e. The summed E-state index contributed by atoms with van der Waals surface area (Å²) in [6.45, 7) is 2.15. The average Bonchev–Trinajstić information content (AvgIpc) is 3.25. The van der Waals surface area contributed by atoms with E-state index < -0.39 is 0 Å². The van der Waals surface area contributed by atoms with Gasteiger partial charge in [-0.1, -0.05) is 11.8 Å². The third-order valence-electron chi connectivity index (χ3n) is 3.91. The molecule has 11 heteroatoms. The van der Waals surface area contributed by atoms with Crippen LogP contribution in [0.3, 0.4) is 0 Å². The molecule has 27 heavy (non-hydrogen) atoms. The number of imidazole rings is 1. The lowest BCUT2D eigenvalue weighted by atomic mass is 10.2. The number of nitrogens with zero attached hydrogens (tertiary/aromatic N) is 6. The Morgan fingerprint density at radius 2 is 2.15 bits per heavy atom. The summed E-state index contributed by atoms with van der Waals surface area (Å²) in [5, 5.41) is 18.0. The number of aromatic nitrogens is 6. The van der Waals surface area contributed by atoms with Crippen molar-refractivity contribution in [2.75, 3.05) is 18.7 Å². The number of methoxy groups -OCH3 is 1. The number of aryl methyl sites for hydroxylation is 1. The lowest BCUT2D eigenvalue weighted by Gasteiger charge is -2.12. The van der Waals surface area contributed by atoms with E-state index in [4.69, 9.17) is 4.74 Å². The van der Waals surface area contributed by atoms with Crippen LogP contribution in [0.1, 0.15) is 11.5 Å². The molecule has 2 heterocycles. The topological polar surface area (TPSA) is 112 Å². The van der Waals surface area contributed by atoms with E-state index >= 15 is 0 Å². The van der Waals surface area contributed by atoms with Gasteiger partial charge in [-0.05, 0) is 29.7 Å². The quantitative estimate of drug-likeness (QED) is 0.619. The van der Waals surface area contributed by atoms with Gasteiger partial charge < -0.3 is 19.9 Å². The Hall–Kier alpha value is -3.08. The fraction of sp³-hybridized carbons (Fsp3) is 0.312. The van der Waals surface area contributed by atoms with Gasteiger partial charge in [-0.2, -0.15) is 4.68 Å². The highest BCUT2D eigenvalue weighted by atomic mass is 32.2. The van der Waals surface area contributed by atoms with Crippen LogP contribution in [0.4, 0.5) is 10.5 Å². The van der Waals surface area contributed by atoms with Crippen LogP contribution in [0.5, 0.6) is 5.75 Å². The number of nitrogens with one attached hydrogen (secondary N) is 2. The van der Waals surface area contributed by atoms with Crippen LogP contribution in [-0.2, 0) is 13.6 Å². The predicted octanol–water partition coefficient (Wildman–Crippen LogP) is 1.76. The highest BCUT2D eigenvalue weighted by molar-refractivity contribution is 7.98. The monoisotopic (exact) mass is 388 g/mol. The summed E-state index contributed by atoms with van der Waals surface area (Å²) in [7, 11) is 3.47. The van der Waals surface area contributed by atoms with Crippen LogP contribution < -0.4 is 15.4 Å². The molecule has 2 N–H and O–H groups in total. The van der Waals surface area contributed by atoms with Gasteiger partial charge in [0.05, 0.1) is 31.2 Å². The van der Waals surface area contributed by atoms with Crippen molar-refractivity contribution in [1.29, 1.82) is 0 Å². The molecular formula is C16H20N8O2S. The second-order valence-corrected chi connectivity index (χ2v) is 6.43. The fourth-order valence-electron chi connectivity index (χ4n) is 2.49. The van der Waals surface area contributed by atoms with Crippen molar-refractivity contribution >= 4 is 23.5 Å². The second-order valence-electron chi connectivity index (χ2n) is 5.66. The molecule has 0 saturated heterocycles. The summed E-state index contributed by atoms with van der Waals surface area (Å²) >= 11 is 1.55. The van der Waals surface area contributed by atoms with Crippen LogP contribution in [0.2, 0.25) is 0 Å². The molecule has 142 valence electrons. The first-order valence-corrected chi connectivity index (χ1v) is 9.28. The molecule has 2 amide bonds. The van der Waals surface area contributed by atoms with Crippen molar-refractivity contribution in [3.05, 3.63) is 35.9 Å². The van der Waals surface area contributed by atoms with Crippen LogP contribution >= 0.6 is 11.8 Å². The molecule has 1 aromatic carbocycles. The maximum absolute atomic E-state index is 12.3. The van der Waals surface area contributed by atoms with Crippen LogP contribution in [0.25, 0.3) is 5.69 Å². The zero-order valence-electron chi connectivity index (χ0n) is 15.4. The Morgan fingerprint density at radius 1 is 1.33 bits per heavy atom. The number of anilines is 1. The van der Waals surface area contributed by atoms with E-state index in [1.165, 1.54) is 0 Å². The molecule has 0 saturated carbocycles. The third kappa shape index (κ3) is 4.19. The van der Waals surface area contributed by atoms with Crippen molar-refractivity contribution in [3.8, 4) is 11.4 Å². The van der Waals surface area contributed by atoms with E-state index in [0.29, 0.717) is 29.5 Å². The summed E-state index contributed by atoms with van der Waals surface area (Å²) in [6.07, 6.45) is 3.70. The normalized spacial score (nSPS) is 10.7. The first-order chi connectivity index (χ1) is 13.0. The SMILES string of the molecule is COc1cc(NC(=O)NCc2cnc(SC)n2C)cc(-n2nnnc2C)c1. The zero-order valence-corrected chi connectivity index (χ0v) is 16.2. The Morgan fingerprint density at radius 3 is 2.78 bits per heavy atom. The number of ether oxygens (including phenoxy) is 1.